The van der Waals surface area contributed by atoms with Crippen LogP contribution in [0, 0.1) is 6.92 Å². The Bertz CT molecular complexity index is 928. The van der Waals surface area contributed by atoms with Crippen LogP contribution >= 0.6 is 0 Å². The number of aromatic nitrogens is 6. The van der Waals surface area contributed by atoms with Gasteiger partial charge in [-0.1, -0.05) is 0 Å². The molecule has 3 heterocycles. The first kappa shape index (κ1) is 18.8. The zero-order valence-electron chi connectivity index (χ0n) is 16.6. The zero-order chi connectivity index (χ0) is 19.5. The van der Waals surface area contributed by atoms with Crippen molar-refractivity contribution in [1.82, 2.24) is 29.9 Å². The molecule has 0 saturated heterocycles. The lowest BCUT2D eigenvalue weighted by atomic mass is 9.87. The average molecular weight is 385 g/mol. The first-order valence-electron chi connectivity index (χ1n) is 9.72. The van der Waals surface area contributed by atoms with E-state index in [0.717, 1.165) is 59.9 Å². The number of fused-ring (bicyclic) bond motifs is 1. The number of nitrogens with zero attached hydrogens (tertiary/aromatic N) is 5. The summed E-state index contributed by atoms with van der Waals surface area (Å²) in [6.45, 7) is 3.19. The Hall–Kier alpha value is -2.52. The molecule has 1 aliphatic rings. The SMILES string of the molecule is COCCn1ncc2c(Nc3cc(C)[nH]n3)nc(C3CCC(OC)CC3)nc21. The minimum Gasteiger partial charge on any atom is -0.383 e. The largest absolute Gasteiger partial charge is 0.383 e. The number of hydrogen-bond donors (Lipinski definition) is 2. The summed E-state index contributed by atoms with van der Waals surface area (Å²) < 4.78 is 12.6. The van der Waals surface area contributed by atoms with Crippen LogP contribution < -0.4 is 5.32 Å². The van der Waals surface area contributed by atoms with Crippen molar-refractivity contribution in [1.29, 1.82) is 0 Å². The van der Waals surface area contributed by atoms with Crippen molar-refractivity contribution < 1.29 is 9.47 Å². The van der Waals surface area contributed by atoms with Crippen molar-refractivity contribution in [3.63, 3.8) is 0 Å². The molecule has 4 rings (SSSR count). The van der Waals surface area contributed by atoms with Crippen LogP contribution in [0.15, 0.2) is 12.3 Å². The third-order valence-electron chi connectivity index (χ3n) is 5.35. The van der Waals surface area contributed by atoms with Gasteiger partial charge in [0.1, 0.15) is 11.6 Å². The van der Waals surface area contributed by atoms with Crippen molar-refractivity contribution >= 4 is 22.7 Å². The molecule has 9 nitrogen and oxygen atoms in total. The number of anilines is 2. The lowest BCUT2D eigenvalue weighted by molar-refractivity contribution is 0.0651. The lowest BCUT2D eigenvalue weighted by Gasteiger charge is -2.26. The normalized spacial score (nSPS) is 20.0. The third kappa shape index (κ3) is 3.85. The highest BCUT2D eigenvalue weighted by atomic mass is 16.5. The molecule has 0 aliphatic heterocycles. The van der Waals surface area contributed by atoms with Gasteiger partial charge >= 0.3 is 0 Å². The molecule has 1 saturated carbocycles. The molecule has 1 fully saturated rings. The van der Waals surface area contributed by atoms with Crippen LogP contribution in [0.2, 0.25) is 0 Å². The molecule has 0 radical (unpaired) electrons. The Balaban J connectivity index is 1.70. The molecule has 0 atom stereocenters. The van der Waals surface area contributed by atoms with Crippen LogP contribution in [0.25, 0.3) is 11.0 Å². The van der Waals surface area contributed by atoms with Crippen molar-refractivity contribution in [2.45, 2.75) is 51.2 Å². The summed E-state index contributed by atoms with van der Waals surface area (Å²) in [4.78, 5) is 9.77. The first-order chi connectivity index (χ1) is 13.7. The maximum Gasteiger partial charge on any atom is 0.163 e. The van der Waals surface area contributed by atoms with E-state index in [1.165, 1.54) is 0 Å². The fourth-order valence-corrected chi connectivity index (χ4v) is 3.75. The highest BCUT2D eigenvalue weighted by Gasteiger charge is 2.26. The molecule has 1 aliphatic carbocycles. The molecule has 3 aromatic heterocycles. The average Bonchev–Trinajstić information content (AvgIpc) is 3.32. The highest BCUT2D eigenvalue weighted by molar-refractivity contribution is 5.88. The topological polar surface area (TPSA) is 103 Å². The van der Waals surface area contributed by atoms with Crippen LogP contribution in [-0.4, -0.2) is 56.9 Å². The third-order valence-corrected chi connectivity index (χ3v) is 5.35. The quantitative estimate of drug-likeness (QED) is 0.644. The van der Waals surface area contributed by atoms with Crippen molar-refractivity contribution in [3.05, 3.63) is 23.8 Å². The van der Waals surface area contributed by atoms with Gasteiger partial charge in [-0.3, -0.25) is 5.10 Å². The van der Waals surface area contributed by atoms with Crippen LogP contribution in [0.5, 0.6) is 0 Å². The second kappa shape index (κ2) is 8.24. The van der Waals surface area contributed by atoms with Gasteiger partial charge in [0.05, 0.1) is 30.8 Å². The monoisotopic (exact) mass is 385 g/mol. The van der Waals surface area contributed by atoms with E-state index >= 15 is 0 Å². The van der Waals surface area contributed by atoms with Gasteiger partial charge in [0.2, 0.25) is 0 Å². The Morgan fingerprint density at radius 2 is 2.04 bits per heavy atom. The molecule has 150 valence electrons. The number of ether oxygens (including phenoxy) is 2. The predicted molar refractivity (Wildman–Crippen MR) is 106 cm³/mol. The number of methoxy groups -OCH3 is 2. The maximum absolute atomic E-state index is 5.51. The summed E-state index contributed by atoms with van der Waals surface area (Å²) in [6.07, 6.45) is 6.27. The molecule has 9 heteroatoms. The van der Waals surface area contributed by atoms with E-state index in [1.807, 2.05) is 17.7 Å². The highest BCUT2D eigenvalue weighted by Crippen LogP contribution is 2.34. The van der Waals surface area contributed by atoms with E-state index in [9.17, 15) is 0 Å². The Labute approximate surface area is 163 Å². The van der Waals surface area contributed by atoms with E-state index in [4.69, 9.17) is 19.4 Å². The number of rotatable bonds is 7. The Morgan fingerprint density at radius 1 is 1.21 bits per heavy atom. The summed E-state index contributed by atoms with van der Waals surface area (Å²) in [5.41, 5.74) is 1.81. The first-order valence-corrected chi connectivity index (χ1v) is 9.72. The summed E-state index contributed by atoms with van der Waals surface area (Å²) in [5.74, 6) is 2.65. The molecule has 2 N–H and O–H groups in total. The predicted octanol–water partition coefficient (Wildman–Crippen LogP) is 2.92. The van der Waals surface area contributed by atoms with Crippen LogP contribution in [0.3, 0.4) is 0 Å². The van der Waals surface area contributed by atoms with Crippen molar-refractivity contribution in [3.8, 4) is 0 Å². The van der Waals surface area contributed by atoms with E-state index < -0.39 is 0 Å². The van der Waals surface area contributed by atoms with Crippen molar-refractivity contribution in [2.75, 3.05) is 26.1 Å². The van der Waals surface area contributed by atoms with Gasteiger partial charge in [0.25, 0.3) is 0 Å². The summed E-state index contributed by atoms with van der Waals surface area (Å²) in [5, 5.41) is 15.9. The fourth-order valence-electron chi connectivity index (χ4n) is 3.75. The maximum atomic E-state index is 5.51. The summed E-state index contributed by atoms with van der Waals surface area (Å²) in [6, 6.07) is 1.95. The van der Waals surface area contributed by atoms with Gasteiger partial charge < -0.3 is 14.8 Å². The second-order valence-corrected chi connectivity index (χ2v) is 7.30. The summed E-state index contributed by atoms with van der Waals surface area (Å²) in [7, 11) is 3.48. The van der Waals surface area contributed by atoms with E-state index in [2.05, 4.69) is 20.6 Å². The van der Waals surface area contributed by atoms with E-state index in [1.54, 1.807) is 20.4 Å². The molecule has 0 aromatic carbocycles. The lowest BCUT2D eigenvalue weighted by Crippen LogP contribution is -2.21. The molecule has 0 unspecified atom stereocenters. The van der Waals surface area contributed by atoms with E-state index in [-0.39, 0.29) is 0 Å². The standard InChI is InChI=1S/C19H27N7O2/c1-12-10-16(25-24-12)21-18-15-11-20-26(8-9-27-2)19(15)23-17(22-18)13-4-6-14(28-3)7-5-13/h10-11,13-14H,4-9H2,1-3H3,(H2,21,22,23,24,25). The molecular formula is C19H27N7O2. The number of aromatic amines is 1. The molecule has 0 bridgehead atoms. The van der Waals surface area contributed by atoms with Crippen LogP contribution in [0.1, 0.15) is 43.1 Å². The second-order valence-electron chi connectivity index (χ2n) is 7.30. The molecule has 0 amide bonds. The smallest absolute Gasteiger partial charge is 0.163 e. The molecule has 0 spiro atoms. The number of H-pyrrole nitrogens is 1. The Morgan fingerprint density at radius 3 is 2.71 bits per heavy atom. The number of hydrogen-bond acceptors (Lipinski definition) is 7. The summed E-state index contributed by atoms with van der Waals surface area (Å²) >= 11 is 0. The van der Waals surface area contributed by atoms with Gasteiger partial charge in [0, 0.05) is 31.9 Å². The van der Waals surface area contributed by atoms with Crippen molar-refractivity contribution in [2.24, 2.45) is 0 Å². The zero-order valence-corrected chi connectivity index (χ0v) is 16.6. The van der Waals surface area contributed by atoms with Crippen LogP contribution in [-0.2, 0) is 16.0 Å². The fraction of sp³-hybridized carbons (Fsp3) is 0.579. The number of nitrogens with one attached hydrogen (secondary N) is 2. The molecule has 28 heavy (non-hydrogen) atoms. The van der Waals surface area contributed by atoms with Gasteiger partial charge in [-0.05, 0) is 32.6 Å². The van der Waals surface area contributed by atoms with Gasteiger partial charge in [-0.2, -0.15) is 10.2 Å². The van der Waals surface area contributed by atoms with Crippen LogP contribution in [0.4, 0.5) is 11.6 Å². The minimum atomic E-state index is 0.322. The molecular weight excluding hydrogens is 358 g/mol. The molecule has 3 aromatic rings. The van der Waals surface area contributed by atoms with Gasteiger partial charge in [0.15, 0.2) is 11.5 Å². The van der Waals surface area contributed by atoms with Gasteiger partial charge in [-0.15, -0.1) is 0 Å². The minimum absolute atomic E-state index is 0.322. The number of aryl methyl sites for hydroxylation is 1. The Kier molecular flexibility index (Phi) is 5.54. The van der Waals surface area contributed by atoms with Gasteiger partial charge in [-0.25, -0.2) is 14.6 Å². The van der Waals surface area contributed by atoms with E-state index in [0.29, 0.717) is 25.2 Å².